The van der Waals surface area contributed by atoms with Gasteiger partial charge in [0.25, 0.3) is 5.56 Å². The number of fused-ring (bicyclic) bond motifs is 2. The van der Waals surface area contributed by atoms with Crippen molar-refractivity contribution in [3.63, 3.8) is 0 Å². The van der Waals surface area contributed by atoms with Crippen LogP contribution in [0.25, 0.3) is 11.0 Å². The summed E-state index contributed by atoms with van der Waals surface area (Å²) in [5.41, 5.74) is 0.389. The van der Waals surface area contributed by atoms with Gasteiger partial charge in [-0.15, -0.1) is 0 Å². The fourth-order valence-corrected chi connectivity index (χ4v) is 3.75. The first-order valence-corrected chi connectivity index (χ1v) is 8.00. The second-order valence-corrected chi connectivity index (χ2v) is 5.92. The van der Waals surface area contributed by atoms with Gasteiger partial charge in [-0.2, -0.15) is 5.10 Å². The molecule has 1 amide bonds. The van der Waals surface area contributed by atoms with Crippen molar-refractivity contribution in [2.75, 3.05) is 18.8 Å². The van der Waals surface area contributed by atoms with Crippen molar-refractivity contribution in [3.8, 4) is 0 Å². The van der Waals surface area contributed by atoms with Gasteiger partial charge in [0.1, 0.15) is 5.39 Å². The van der Waals surface area contributed by atoms with E-state index in [1.54, 1.807) is 9.47 Å². The molecule has 0 spiro atoms. The number of thioether (sulfide) groups is 1. The first-order valence-electron chi connectivity index (χ1n) is 7.01. The highest BCUT2D eigenvalue weighted by atomic mass is 32.2. The van der Waals surface area contributed by atoms with Crippen LogP contribution in [0, 0.1) is 0 Å². The number of hydrogen-bond acceptors (Lipinski definition) is 5. The van der Waals surface area contributed by atoms with Crippen LogP contribution in [0.2, 0.25) is 0 Å². The van der Waals surface area contributed by atoms with E-state index in [2.05, 4.69) is 15.2 Å². The highest BCUT2D eigenvalue weighted by molar-refractivity contribution is 7.99. The van der Waals surface area contributed by atoms with Crippen molar-refractivity contribution in [1.82, 2.24) is 24.6 Å². The van der Waals surface area contributed by atoms with Crippen LogP contribution in [0.15, 0.2) is 16.1 Å². The summed E-state index contributed by atoms with van der Waals surface area (Å²) in [6, 6.07) is -0.127. The largest absolute Gasteiger partial charge is 0.343 e. The van der Waals surface area contributed by atoms with Gasteiger partial charge in [0, 0.05) is 25.3 Å². The van der Waals surface area contributed by atoms with Crippen LogP contribution in [0.1, 0.15) is 26.3 Å². The van der Waals surface area contributed by atoms with Crippen LogP contribution in [-0.2, 0) is 4.79 Å². The Hall–Kier alpha value is -1.83. The van der Waals surface area contributed by atoms with Crippen LogP contribution in [0.5, 0.6) is 0 Å². The number of aromatic amines is 1. The Labute approximate surface area is 125 Å². The van der Waals surface area contributed by atoms with Gasteiger partial charge < -0.3 is 4.90 Å². The molecular formula is C13H17N5O2S. The van der Waals surface area contributed by atoms with Crippen LogP contribution >= 0.6 is 11.8 Å². The first kappa shape index (κ1) is 14.1. The lowest BCUT2D eigenvalue weighted by Gasteiger charge is -2.21. The zero-order valence-corrected chi connectivity index (χ0v) is 12.8. The third kappa shape index (κ3) is 2.33. The fourth-order valence-electron chi connectivity index (χ4n) is 2.61. The first-order chi connectivity index (χ1) is 10.2. The zero-order chi connectivity index (χ0) is 15.0. The van der Waals surface area contributed by atoms with Crippen LogP contribution in [-0.4, -0.2) is 49.4 Å². The predicted octanol–water partition coefficient (Wildman–Crippen LogP) is 1.02. The lowest BCUT2D eigenvalue weighted by atomic mass is 10.2. The maximum atomic E-state index is 12.5. The van der Waals surface area contributed by atoms with Crippen LogP contribution in [0.4, 0.5) is 0 Å². The second kappa shape index (κ2) is 5.51. The lowest BCUT2D eigenvalue weighted by Crippen LogP contribution is -2.34. The van der Waals surface area contributed by atoms with E-state index in [1.165, 1.54) is 18.0 Å². The van der Waals surface area contributed by atoms with E-state index >= 15 is 0 Å². The molecule has 0 saturated carbocycles. The van der Waals surface area contributed by atoms with E-state index < -0.39 is 0 Å². The Balaban J connectivity index is 1.93. The van der Waals surface area contributed by atoms with Gasteiger partial charge in [-0.1, -0.05) is 11.8 Å². The molecule has 3 rings (SSSR count). The summed E-state index contributed by atoms with van der Waals surface area (Å²) in [7, 11) is 0. The van der Waals surface area contributed by atoms with E-state index in [0.29, 0.717) is 41.5 Å². The molecular weight excluding hydrogens is 290 g/mol. The molecule has 1 atom stereocenters. The van der Waals surface area contributed by atoms with Crippen LogP contribution in [0.3, 0.4) is 0 Å². The van der Waals surface area contributed by atoms with E-state index in [-0.39, 0.29) is 17.5 Å². The molecule has 2 aromatic heterocycles. The molecule has 21 heavy (non-hydrogen) atoms. The number of aromatic nitrogens is 4. The molecule has 8 heteroatoms. The summed E-state index contributed by atoms with van der Waals surface area (Å²) in [5.74, 6) is 0.785. The predicted molar refractivity (Wildman–Crippen MR) is 80.5 cm³/mol. The molecule has 1 unspecified atom stereocenters. The number of H-pyrrole nitrogens is 1. The van der Waals surface area contributed by atoms with Gasteiger partial charge in [-0.25, -0.2) is 4.98 Å². The van der Waals surface area contributed by atoms with Crippen molar-refractivity contribution in [2.24, 2.45) is 0 Å². The fraction of sp³-hybridized carbons (Fsp3) is 0.538. The molecule has 0 aliphatic carbocycles. The smallest absolute Gasteiger partial charge is 0.265 e. The molecule has 2 aromatic rings. The topological polar surface area (TPSA) is 83.9 Å². The standard InChI is InChI=1S/C13H17N5O2S/c1-3-17(4-2)10(19)5-8-7-21-13-15-11-9(6-14-16-11)12(20)18(8)13/h6,8H,3-5,7H2,1-2H3,(H,14,16). The number of amides is 1. The van der Waals surface area contributed by atoms with Gasteiger partial charge >= 0.3 is 0 Å². The highest BCUT2D eigenvalue weighted by Crippen LogP contribution is 2.33. The number of nitrogens with zero attached hydrogens (tertiary/aromatic N) is 4. The Morgan fingerprint density at radius 1 is 1.52 bits per heavy atom. The van der Waals surface area contributed by atoms with Gasteiger partial charge in [-0.05, 0) is 13.8 Å². The summed E-state index contributed by atoms with van der Waals surface area (Å²) in [5, 5.41) is 7.71. The molecule has 0 aromatic carbocycles. The van der Waals surface area contributed by atoms with Gasteiger partial charge in [0.15, 0.2) is 10.8 Å². The molecule has 7 nitrogen and oxygen atoms in total. The minimum Gasteiger partial charge on any atom is -0.343 e. The molecule has 0 saturated heterocycles. The van der Waals surface area contributed by atoms with Crippen molar-refractivity contribution in [3.05, 3.63) is 16.6 Å². The lowest BCUT2D eigenvalue weighted by molar-refractivity contribution is -0.131. The molecule has 112 valence electrons. The SMILES string of the molecule is CCN(CC)C(=O)CC1CSc2nc3[nH]ncc3c(=O)n21. The van der Waals surface area contributed by atoms with Crippen molar-refractivity contribution in [2.45, 2.75) is 31.5 Å². The summed E-state index contributed by atoms with van der Waals surface area (Å²) in [6.07, 6.45) is 1.83. The minimum atomic E-state index is -0.127. The number of hydrogen-bond donors (Lipinski definition) is 1. The molecule has 3 heterocycles. The summed E-state index contributed by atoms with van der Waals surface area (Å²) >= 11 is 1.51. The Morgan fingerprint density at radius 3 is 3.00 bits per heavy atom. The van der Waals surface area contributed by atoms with Crippen molar-refractivity contribution in [1.29, 1.82) is 0 Å². The van der Waals surface area contributed by atoms with Crippen LogP contribution < -0.4 is 5.56 Å². The molecule has 1 aliphatic heterocycles. The van der Waals surface area contributed by atoms with Gasteiger partial charge in [0.2, 0.25) is 5.91 Å². The summed E-state index contributed by atoms with van der Waals surface area (Å²) in [4.78, 5) is 31.0. The molecule has 0 bridgehead atoms. The van der Waals surface area contributed by atoms with Crippen molar-refractivity contribution >= 4 is 28.7 Å². The Morgan fingerprint density at radius 2 is 2.29 bits per heavy atom. The van der Waals surface area contributed by atoms with E-state index in [0.717, 1.165) is 0 Å². The number of rotatable bonds is 4. The number of carbonyl (C=O) groups excluding carboxylic acids is 1. The summed E-state index contributed by atoms with van der Waals surface area (Å²) < 4.78 is 1.64. The monoisotopic (exact) mass is 307 g/mol. The average Bonchev–Trinajstić information content (AvgIpc) is 3.08. The van der Waals surface area contributed by atoms with E-state index in [4.69, 9.17) is 0 Å². The maximum absolute atomic E-state index is 12.5. The Kier molecular flexibility index (Phi) is 3.71. The molecule has 0 fully saturated rings. The third-order valence-electron chi connectivity index (χ3n) is 3.78. The molecule has 1 aliphatic rings. The third-order valence-corrected chi connectivity index (χ3v) is 4.88. The highest BCUT2D eigenvalue weighted by Gasteiger charge is 2.29. The average molecular weight is 307 g/mol. The second-order valence-electron chi connectivity index (χ2n) is 4.94. The number of carbonyl (C=O) groups is 1. The minimum absolute atomic E-state index is 0.0811. The number of nitrogens with one attached hydrogen (secondary N) is 1. The Bertz CT molecular complexity index is 734. The van der Waals surface area contributed by atoms with Crippen molar-refractivity contribution < 1.29 is 4.79 Å². The van der Waals surface area contributed by atoms with Gasteiger partial charge in [0.05, 0.1) is 12.2 Å². The van der Waals surface area contributed by atoms with E-state index in [9.17, 15) is 9.59 Å². The quantitative estimate of drug-likeness (QED) is 0.853. The van der Waals surface area contributed by atoms with Gasteiger partial charge in [-0.3, -0.25) is 19.3 Å². The summed E-state index contributed by atoms with van der Waals surface area (Å²) in [6.45, 7) is 5.30. The zero-order valence-electron chi connectivity index (χ0n) is 12.0. The molecule has 0 radical (unpaired) electrons. The normalized spacial score (nSPS) is 17.1. The maximum Gasteiger partial charge on any atom is 0.265 e. The van der Waals surface area contributed by atoms with E-state index in [1.807, 2.05) is 13.8 Å². The molecule has 1 N–H and O–H groups in total.